The summed E-state index contributed by atoms with van der Waals surface area (Å²) in [5.41, 5.74) is 0. The molecular formula is C12H17N4O5S+. The Morgan fingerprint density at radius 2 is 2.27 bits per heavy atom. The van der Waals surface area contributed by atoms with Gasteiger partial charge in [-0.2, -0.15) is 0 Å². The minimum atomic E-state index is -3.80. The predicted molar refractivity (Wildman–Crippen MR) is 72.1 cm³/mol. The maximum absolute atomic E-state index is 12.7. The van der Waals surface area contributed by atoms with Crippen LogP contribution in [-0.2, 0) is 32.5 Å². The molecule has 1 aromatic heterocycles. The lowest BCUT2D eigenvalue weighted by Crippen LogP contribution is -2.58. The molecule has 0 saturated carbocycles. The van der Waals surface area contributed by atoms with E-state index in [4.69, 9.17) is 0 Å². The lowest BCUT2D eigenvalue weighted by molar-refractivity contribution is -0.752. The Hall–Kier alpha value is -1.97. The van der Waals surface area contributed by atoms with E-state index in [1.807, 2.05) is 6.92 Å². The van der Waals surface area contributed by atoms with E-state index in [1.54, 1.807) is 17.1 Å². The molecule has 10 heteroatoms. The minimum Gasteiger partial charge on any atom is -0.480 e. The van der Waals surface area contributed by atoms with Crippen molar-refractivity contribution < 1.29 is 27.8 Å². The quantitative estimate of drug-likeness (QED) is 0.525. The Kier molecular flexibility index (Phi) is 3.06. The first-order valence-electron chi connectivity index (χ1n) is 6.93. The second kappa shape index (κ2) is 4.51. The number of amides is 1. The van der Waals surface area contributed by atoms with Crippen LogP contribution in [0.1, 0.15) is 20.3 Å². The Morgan fingerprint density at radius 1 is 1.59 bits per heavy atom. The van der Waals surface area contributed by atoms with Gasteiger partial charge in [-0.3, -0.25) is 4.79 Å². The van der Waals surface area contributed by atoms with Crippen molar-refractivity contribution >= 4 is 21.7 Å². The van der Waals surface area contributed by atoms with Gasteiger partial charge in [-0.15, -0.1) is 9.36 Å². The highest BCUT2D eigenvalue weighted by Gasteiger charge is 2.70. The fraction of sp³-hybridized carbons (Fsp3) is 0.667. The van der Waals surface area contributed by atoms with Crippen LogP contribution in [0, 0.1) is 0 Å². The van der Waals surface area contributed by atoms with Crippen molar-refractivity contribution in [1.82, 2.24) is 14.8 Å². The normalized spacial score (nSPS) is 32.6. The highest BCUT2D eigenvalue weighted by molar-refractivity contribution is 7.93. The molecule has 1 N–H and O–H groups in total. The molecule has 120 valence electrons. The third-order valence-electron chi connectivity index (χ3n) is 4.49. The number of fused-ring (bicyclic) bond motifs is 1. The highest BCUT2D eigenvalue weighted by Crippen LogP contribution is 2.46. The largest absolute Gasteiger partial charge is 0.480 e. The van der Waals surface area contributed by atoms with Gasteiger partial charge in [-0.1, -0.05) is 0 Å². The van der Waals surface area contributed by atoms with E-state index in [0.29, 0.717) is 6.54 Å². The SMILES string of the molecule is CC[n+]1ccn(C[C@@]2(C)[C@H](C(=O)O)N3C(=O)C[C@H]3S2(=O)=O)n1. The van der Waals surface area contributed by atoms with Crippen LogP contribution in [0.3, 0.4) is 0 Å². The molecule has 1 aromatic rings. The van der Waals surface area contributed by atoms with Crippen LogP contribution in [0.15, 0.2) is 12.4 Å². The predicted octanol–water partition coefficient (Wildman–Crippen LogP) is -1.61. The zero-order valence-corrected chi connectivity index (χ0v) is 13.0. The minimum absolute atomic E-state index is 0.112. The van der Waals surface area contributed by atoms with Gasteiger partial charge in [-0.05, 0) is 13.8 Å². The summed E-state index contributed by atoms with van der Waals surface area (Å²) in [6.07, 6.45) is 3.14. The zero-order valence-electron chi connectivity index (χ0n) is 12.2. The first-order valence-corrected chi connectivity index (χ1v) is 8.47. The van der Waals surface area contributed by atoms with Crippen LogP contribution < -0.4 is 4.68 Å². The molecule has 0 radical (unpaired) electrons. The number of aryl methyl sites for hydroxylation is 1. The Morgan fingerprint density at radius 3 is 2.77 bits per heavy atom. The topological polar surface area (TPSA) is 113 Å². The molecule has 2 saturated heterocycles. The van der Waals surface area contributed by atoms with Crippen molar-refractivity contribution in [1.29, 1.82) is 0 Å². The molecule has 0 aromatic carbocycles. The van der Waals surface area contributed by atoms with E-state index in [2.05, 4.69) is 5.21 Å². The Balaban J connectivity index is 2.04. The van der Waals surface area contributed by atoms with Gasteiger partial charge >= 0.3 is 5.97 Å². The summed E-state index contributed by atoms with van der Waals surface area (Å²) in [5, 5.41) is 12.6. The third kappa shape index (κ3) is 1.73. The second-order valence-corrected chi connectivity index (χ2v) is 8.37. The smallest absolute Gasteiger partial charge is 0.328 e. The number of carboxylic acid groups (broad SMARTS) is 1. The molecule has 0 aliphatic carbocycles. The van der Waals surface area contributed by atoms with E-state index in [-0.39, 0.29) is 13.0 Å². The molecule has 1 amide bonds. The molecule has 3 rings (SSSR count). The molecule has 9 nitrogen and oxygen atoms in total. The maximum atomic E-state index is 12.7. The Labute approximate surface area is 127 Å². The first-order chi connectivity index (χ1) is 10.2. The Bertz CT molecular complexity index is 757. The molecule has 2 aliphatic heterocycles. The second-order valence-electron chi connectivity index (χ2n) is 5.80. The standard InChI is InChI=1S/C12H16N4O5S/c1-3-14-4-5-15(13-14)7-12(2)10(11(18)19)16-8(17)6-9(16)22(12,20)21/h4-5,9-10H,3,6-7H2,1-2H3/p+1/t9-,10+,12+/m1/s1. The van der Waals surface area contributed by atoms with E-state index in [1.165, 1.54) is 11.6 Å². The highest BCUT2D eigenvalue weighted by atomic mass is 32.2. The van der Waals surface area contributed by atoms with Gasteiger partial charge in [0, 0.05) is 0 Å². The summed E-state index contributed by atoms with van der Waals surface area (Å²) >= 11 is 0. The van der Waals surface area contributed by atoms with Gasteiger partial charge in [0.25, 0.3) is 0 Å². The summed E-state index contributed by atoms with van der Waals surface area (Å²) in [5.74, 6) is -1.74. The molecule has 2 fully saturated rings. The summed E-state index contributed by atoms with van der Waals surface area (Å²) in [6, 6.07) is -1.39. The fourth-order valence-electron chi connectivity index (χ4n) is 3.22. The molecule has 3 heterocycles. The van der Waals surface area contributed by atoms with Crippen molar-refractivity contribution in [2.75, 3.05) is 0 Å². The summed E-state index contributed by atoms with van der Waals surface area (Å²) in [7, 11) is -3.80. The van der Waals surface area contributed by atoms with Crippen LogP contribution >= 0.6 is 0 Å². The van der Waals surface area contributed by atoms with Crippen LogP contribution in [-0.4, -0.2) is 56.4 Å². The van der Waals surface area contributed by atoms with Crippen molar-refractivity contribution in [3.8, 4) is 0 Å². The average Bonchev–Trinajstić information content (AvgIpc) is 2.92. The maximum Gasteiger partial charge on any atom is 0.328 e. The number of aromatic nitrogens is 3. The number of hydrogen-bond acceptors (Lipinski definition) is 5. The van der Waals surface area contributed by atoms with Crippen molar-refractivity contribution in [3.05, 3.63) is 12.4 Å². The molecule has 0 unspecified atom stereocenters. The number of aliphatic carboxylic acids is 1. The number of nitrogens with zero attached hydrogens (tertiary/aromatic N) is 4. The number of carbonyl (C=O) groups is 2. The molecule has 3 atom stereocenters. The van der Waals surface area contributed by atoms with Crippen LogP contribution in [0.4, 0.5) is 0 Å². The molecular weight excluding hydrogens is 312 g/mol. The summed E-state index contributed by atoms with van der Waals surface area (Å²) in [6.45, 7) is 3.77. The van der Waals surface area contributed by atoms with Gasteiger partial charge in [-0.25, -0.2) is 13.2 Å². The number of β-lactam (4-membered cyclic amide) rings is 1. The van der Waals surface area contributed by atoms with E-state index < -0.39 is 37.9 Å². The van der Waals surface area contributed by atoms with Gasteiger partial charge in [0.1, 0.15) is 23.2 Å². The van der Waals surface area contributed by atoms with Crippen molar-refractivity contribution in [2.45, 2.75) is 49.5 Å². The van der Waals surface area contributed by atoms with Crippen molar-refractivity contribution in [2.24, 2.45) is 0 Å². The van der Waals surface area contributed by atoms with E-state index >= 15 is 0 Å². The summed E-state index contributed by atoms with van der Waals surface area (Å²) in [4.78, 5) is 24.3. The molecule has 0 spiro atoms. The fourth-order valence-corrected chi connectivity index (χ4v) is 5.58. The van der Waals surface area contributed by atoms with Gasteiger partial charge in [0.15, 0.2) is 28.3 Å². The number of sulfone groups is 1. The van der Waals surface area contributed by atoms with Crippen molar-refractivity contribution in [3.63, 3.8) is 0 Å². The monoisotopic (exact) mass is 329 g/mol. The van der Waals surface area contributed by atoms with Crippen LogP contribution in [0.5, 0.6) is 0 Å². The average molecular weight is 329 g/mol. The van der Waals surface area contributed by atoms with Gasteiger partial charge in [0.05, 0.1) is 11.6 Å². The third-order valence-corrected chi connectivity index (χ3v) is 7.25. The molecule has 2 aliphatic rings. The number of hydrogen-bond donors (Lipinski definition) is 1. The first kappa shape index (κ1) is 14.9. The number of carbonyl (C=O) groups excluding carboxylic acids is 1. The van der Waals surface area contributed by atoms with Gasteiger partial charge in [0.2, 0.25) is 5.91 Å². The lowest BCUT2D eigenvalue weighted by Gasteiger charge is -2.35. The molecule has 0 bridgehead atoms. The van der Waals surface area contributed by atoms with E-state index in [0.717, 1.165) is 4.90 Å². The van der Waals surface area contributed by atoms with Crippen LogP contribution in [0.25, 0.3) is 0 Å². The molecule has 22 heavy (non-hydrogen) atoms. The zero-order chi connectivity index (χ0) is 16.3. The number of carboxylic acids is 1. The lowest BCUT2D eigenvalue weighted by atomic mass is 9.96. The van der Waals surface area contributed by atoms with E-state index in [9.17, 15) is 23.1 Å². The summed E-state index contributed by atoms with van der Waals surface area (Å²) < 4.78 is 26.8. The van der Waals surface area contributed by atoms with Crippen LogP contribution in [0.2, 0.25) is 0 Å². The number of rotatable bonds is 4. The van der Waals surface area contributed by atoms with Gasteiger partial charge < -0.3 is 10.0 Å².